The van der Waals surface area contributed by atoms with Gasteiger partial charge in [-0.1, -0.05) is 54.6 Å². The monoisotopic (exact) mass is 441 g/mol. The highest BCUT2D eigenvalue weighted by Crippen LogP contribution is 2.33. The lowest BCUT2D eigenvalue weighted by atomic mass is 10.1. The minimum absolute atomic E-state index is 0.212. The molecule has 5 nitrogen and oxygen atoms in total. The summed E-state index contributed by atoms with van der Waals surface area (Å²) in [4.78, 5) is 37.2. The fraction of sp³-hybridized carbons (Fsp3) is 0.125. The molecule has 0 aliphatic rings. The Balaban J connectivity index is 1.91. The number of halogens is 3. The average Bonchev–Trinajstić information content (AvgIpc) is 2.77. The lowest BCUT2D eigenvalue weighted by Gasteiger charge is -2.19. The molecular weight excluding hydrogens is 423 g/mol. The molecule has 0 aromatic heterocycles. The standard InChI is InChI=1S/C24H18F3NO4/c1-15(29)17-10-7-11-18(14-17)28-22(30)21(16-8-3-2-4-9-16)32-23(31)19-12-5-6-13-20(19)24(25,26)27/h2-14,21H,1H3,(H,28,30). The van der Waals surface area contributed by atoms with Crippen molar-refractivity contribution in [2.45, 2.75) is 19.2 Å². The third kappa shape index (κ3) is 5.40. The van der Waals surface area contributed by atoms with E-state index in [0.717, 1.165) is 18.2 Å². The van der Waals surface area contributed by atoms with E-state index in [0.29, 0.717) is 5.56 Å². The quantitative estimate of drug-likeness (QED) is 0.408. The van der Waals surface area contributed by atoms with E-state index in [9.17, 15) is 27.6 Å². The van der Waals surface area contributed by atoms with Gasteiger partial charge in [0.05, 0.1) is 11.1 Å². The summed E-state index contributed by atoms with van der Waals surface area (Å²) in [6.07, 6.45) is -6.29. The van der Waals surface area contributed by atoms with Crippen molar-refractivity contribution in [1.82, 2.24) is 0 Å². The van der Waals surface area contributed by atoms with E-state index in [4.69, 9.17) is 4.74 Å². The first-order valence-electron chi connectivity index (χ1n) is 9.51. The van der Waals surface area contributed by atoms with Crippen molar-refractivity contribution in [1.29, 1.82) is 0 Å². The maximum absolute atomic E-state index is 13.3. The van der Waals surface area contributed by atoms with Gasteiger partial charge in [0.2, 0.25) is 6.10 Å². The minimum atomic E-state index is -4.77. The van der Waals surface area contributed by atoms with Gasteiger partial charge in [-0.3, -0.25) is 9.59 Å². The zero-order valence-electron chi connectivity index (χ0n) is 16.8. The van der Waals surface area contributed by atoms with E-state index < -0.39 is 35.3 Å². The summed E-state index contributed by atoms with van der Waals surface area (Å²) in [5.74, 6) is -2.29. The number of Topliss-reactive ketones (excluding diaryl/α,β-unsaturated/α-hetero) is 1. The van der Waals surface area contributed by atoms with Crippen LogP contribution in [0.5, 0.6) is 0 Å². The van der Waals surface area contributed by atoms with Gasteiger partial charge in [0.25, 0.3) is 5.91 Å². The van der Waals surface area contributed by atoms with Crippen molar-refractivity contribution >= 4 is 23.3 Å². The summed E-state index contributed by atoms with van der Waals surface area (Å²) in [6.45, 7) is 1.37. The lowest BCUT2D eigenvalue weighted by molar-refractivity contribution is -0.138. The third-order valence-electron chi connectivity index (χ3n) is 4.55. The predicted octanol–water partition coefficient (Wildman–Crippen LogP) is 5.44. The highest BCUT2D eigenvalue weighted by Gasteiger charge is 2.36. The van der Waals surface area contributed by atoms with Crippen LogP contribution in [0, 0.1) is 0 Å². The van der Waals surface area contributed by atoms with Crippen molar-refractivity contribution in [2.24, 2.45) is 0 Å². The molecule has 1 amide bonds. The zero-order chi connectivity index (χ0) is 23.3. The third-order valence-corrected chi connectivity index (χ3v) is 4.55. The molecule has 8 heteroatoms. The van der Waals surface area contributed by atoms with Gasteiger partial charge < -0.3 is 10.1 Å². The molecule has 0 aliphatic heterocycles. The minimum Gasteiger partial charge on any atom is -0.444 e. The van der Waals surface area contributed by atoms with Crippen LogP contribution in [0.2, 0.25) is 0 Å². The Labute approximate surface area is 181 Å². The number of carbonyl (C=O) groups is 3. The fourth-order valence-corrected chi connectivity index (χ4v) is 3.00. The summed E-state index contributed by atoms with van der Waals surface area (Å²) >= 11 is 0. The van der Waals surface area contributed by atoms with Crippen molar-refractivity contribution in [3.05, 3.63) is 101 Å². The van der Waals surface area contributed by atoms with E-state index in [1.807, 2.05) is 0 Å². The van der Waals surface area contributed by atoms with Crippen LogP contribution in [0.3, 0.4) is 0 Å². The SMILES string of the molecule is CC(=O)c1cccc(NC(=O)C(OC(=O)c2ccccc2C(F)(F)F)c2ccccc2)c1. The maximum Gasteiger partial charge on any atom is 0.417 e. The van der Waals surface area contributed by atoms with Crippen LogP contribution in [-0.2, 0) is 15.7 Å². The molecule has 32 heavy (non-hydrogen) atoms. The van der Waals surface area contributed by atoms with Gasteiger partial charge in [-0.2, -0.15) is 13.2 Å². The summed E-state index contributed by atoms with van der Waals surface area (Å²) in [7, 11) is 0. The number of alkyl halides is 3. The predicted molar refractivity (Wildman–Crippen MR) is 111 cm³/mol. The Morgan fingerprint density at radius 1 is 0.875 bits per heavy atom. The van der Waals surface area contributed by atoms with Gasteiger partial charge in [-0.05, 0) is 31.2 Å². The normalized spacial score (nSPS) is 12.0. The number of nitrogens with one attached hydrogen (secondary N) is 1. The summed E-state index contributed by atoms with van der Waals surface area (Å²) in [5.41, 5.74) is -0.963. The van der Waals surface area contributed by atoms with Crippen molar-refractivity contribution in [3.63, 3.8) is 0 Å². The molecule has 0 saturated carbocycles. The molecule has 1 N–H and O–H groups in total. The van der Waals surface area contributed by atoms with E-state index in [1.54, 1.807) is 30.3 Å². The van der Waals surface area contributed by atoms with E-state index in [-0.39, 0.29) is 17.0 Å². The van der Waals surface area contributed by atoms with E-state index in [1.165, 1.54) is 37.3 Å². The van der Waals surface area contributed by atoms with Crippen molar-refractivity contribution < 1.29 is 32.3 Å². The number of ether oxygens (including phenoxy) is 1. The zero-order valence-corrected chi connectivity index (χ0v) is 16.8. The van der Waals surface area contributed by atoms with Gasteiger partial charge in [-0.15, -0.1) is 0 Å². The van der Waals surface area contributed by atoms with Crippen LogP contribution in [-0.4, -0.2) is 17.7 Å². The number of benzene rings is 3. The van der Waals surface area contributed by atoms with Crippen LogP contribution in [0.25, 0.3) is 0 Å². The summed E-state index contributed by atoms with van der Waals surface area (Å²) < 4.78 is 45.2. The van der Waals surface area contributed by atoms with E-state index >= 15 is 0 Å². The molecule has 0 bridgehead atoms. The molecule has 0 heterocycles. The number of ketones is 1. The number of rotatable bonds is 6. The summed E-state index contributed by atoms with van der Waals surface area (Å²) in [6, 6.07) is 18.2. The Morgan fingerprint density at radius 2 is 1.53 bits per heavy atom. The number of anilines is 1. The second kappa shape index (κ2) is 9.47. The second-order valence-electron chi connectivity index (χ2n) is 6.87. The Morgan fingerprint density at radius 3 is 2.19 bits per heavy atom. The molecule has 3 aromatic rings. The number of hydrogen-bond acceptors (Lipinski definition) is 4. The van der Waals surface area contributed by atoms with E-state index in [2.05, 4.69) is 5.32 Å². The second-order valence-corrected chi connectivity index (χ2v) is 6.87. The van der Waals surface area contributed by atoms with Crippen molar-refractivity contribution in [3.8, 4) is 0 Å². The highest BCUT2D eigenvalue weighted by molar-refractivity contribution is 6.00. The molecule has 0 aliphatic carbocycles. The van der Waals surface area contributed by atoms with Gasteiger partial charge in [0.15, 0.2) is 5.78 Å². The first-order chi connectivity index (χ1) is 15.2. The Hall–Kier alpha value is -3.94. The summed E-state index contributed by atoms with van der Waals surface area (Å²) in [5, 5.41) is 2.55. The first kappa shape index (κ1) is 22.7. The molecule has 0 spiro atoms. The van der Waals surface area contributed by atoms with Crippen LogP contribution >= 0.6 is 0 Å². The first-order valence-corrected chi connectivity index (χ1v) is 9.51. The highest BCUT2D eigenvalue weighted by atomic mass is 19.4. The molecule has 1 atom stereocenters. The van der Waals surface area contributed by atoms with Gasteiger partial charge in [0, 0.05) is 16.8 Å². The molecule has 3 aromatic carbocycles. The van der Waals surface area contributed by atoms with Crippen molar-refractivity contribution in [2.75, 3.05) is 5.32 Å². The number of amides is 1. The lowest BCUT2D eigenvalue weighted by Crippen LogP contribution is -2.27. The number of carbonyl (C=O) groups excluding carboxylic acids is 3. The van der Waals surface area contributed by atoms with Gasteiger partial charge in [0.1, 0.15) is 0 Å². The van der Waals surface area contributed by atoms with Crippen LogP contribution < -0.4 is 5.32 Å². The maximum atomic E-state index is 13.3. The Bertz CT molecular complexity index is 1140. The van der Waals surface area contributed by atoms with Crippen LogP contribution in [0.15, 0.2) is 78.9 Å². The number of esters is 1. The molecule has 164 valence electrons. The van der Waals surface area contributed by atoms with Crippen LogP contribution in [0.4, 0.5) is 18.9 Å². The van der Waals surface area contributed by atoms with Gasteiger partial charge in [-0.25, -0.2) is 4.79 Å². The van der Waals surface area contributed by atoms with Gasteiger partial charge >= 0.3 is 12.1 Å². The number of hydrogen-bond donors (Lipinski definition) is 1. The molecule has 3 rings (SSSR count). The Kier molecular flexibility index (Phi) is 6.73. The molecule has 0 radical (unpaired) electrons. The molecule has 0 saturated heterocycles. The topological polar surface area (TPSA) is 72.5 Å². The largest absolute Gasteiger partial charge is 0.444 e. The smallest absolute Gasteiger partial charge is 0.417 e. The van der Waals surface area contributed by atoms with Crippen LogP contribution in [0.1, 0.15) is 44.9 Å². The molecular formula is C24H18F3NO4. The molecule has 1 unspecified atom stereocenters. The fourth-order valence-electron chi connectivity index (χ4n) is 3.00. The average molecular weight is 441 g/mol. The molecule has 0 fully saturated rings.